The zero-order valence-corrected chi connectivity index (χ0v) is 12.4. The van der Waals surface area contributed by atoms with E-state index in [0.29, 0.717) is 24.2 Å². The van der Waals surface area contributed by atoms with Crippen LogP contribution in [0.1, 0.15) is 42.3 Å². The molecular weight excluding hydrogens is 292 g/mol. The summed E-state index contributed by atoms with van der Waals surface area (Å²) in [7, 11) is 0. The number of hydrogen-bond acceptors (Lipinski definition) is 3. The fourth-order valence-electron chi connectivity index (χ4n) is 2.58. The molecule has 8 heteroatoms. The van der Waals surface area contributed by atoms with Gasteiger partial charge in [-0.2, -0.15) is 13.9 Å². The monoisotopic (exact) mass is 309 g/mol. The van der Waals surface area contributed by atoms with Gasteiger partial charge in [0.05, 0.1) is 17.8 Å². The van der Waals surface area contributed by atoms with Gasteiger partial charge in [0.1, 0.15) is 5.82 Å². The molecule has 0 aliphatic carbocycles. The second kappa shape index (κ2) is 5.19. The lowest BCUT2D eigenvalue weighted by Gasteiger charge is -2.21. The van der Waals surface area contributed by atoms with Crippen molar-refractivity contribution in [2.24, 2.45) is 5.41 Å². The van der Waals surface area contributed by atoms with Gasteiger partial charge in [0.25, 0.3) is 5.91 Å². The molecule has 1 aliphatic heterocycles. The van der Waals surface area contributed by atoms with Crippen molar-refractivity contribution in [3.63, 3.8) is 0 Å². The number of nitrogens with zero attached hydrogens (tertiary/aromatic N) is 4. The molecule has 22 heavy (non-hydrogen) atoms. The Kier molecular flexibility index (Phi) is 3.46. The molecule has 0 spiro atoms. The van der Waals surface area contributed by atoms with Gasteiger partial charge in [0, 0.05) is 25.1 Å². The van der Waals surface area contributed by atoms with Gasteiger partial charge in [-0.25, -0.2) is 4.98 Å². The zero-order chi connectivity index (χ0) is 15.9. The van der Waals surface area contributed by atoms with Crippen LogP contribution in [0.5, 0.6) is 0 Å². The van der Waals surface area contributed by atoms with Crippen LogP contribution in [-0.4, -0.2) is 31.8 Å². The molecular formula is C14H17F2N5O. The average Bonchev–Trinajstić information content (AvgIpc) is 3.01. The van der Waals surface area contributed by atoms with Crippen molar-refractivity contribution in [2.45, 2.75) is 33.4 Å². The number of hydrogen-bond donors (Lipinski definition) is 1. The number of imidazole rings is 1. The van der Waals surface area contributed by atoms with E-state index in [2.05, 4.69) is 15.4 Å². The summed E-state index contributed by atoms with van der Waals surface area (Å²) in [6, 6.07) is 0. The Morgan fingerprint density at radius 1 is 1.45 bits per heavy atom. The van der Waals surface area contributed by atoms with E-state index in [-0.39, 0.29) is 23.7 Å². The second-order valence-corrected chi connectivity index (χ2v) is 6.24. The maximum absolute atomic E-state index is 12.8. The van der Waals surface area contributed by atoms with Crippen LogP contribution in [0.4, 0.5) is 8.78 Å². The molecule has 2 aromatic heterocycles. The first-order valence-electron chi connectivity index (χ1n) is 7.00. The van der Waals surface area contributed by atoms with Gasteiger partial charge in [-0.3, -0.25) is 14.0 Å². The summed E-state index contributed by atoms with van der Waals surface area (Å²) < 4.78 is 28.0. The summed E-state index contributed by atoms with van der Waals surface area (Å²) >= 11 is 0. The molecule has 0 radical (unpaired) electrons. The quantitative estimate of drug-likeness (QED) is 0.941. The summed E-state index contributed by atoms with van der Waals surface area (Å²) in [4.78, 5) is 16.0. The number of rotatable bonds is 3. The van der Waals surface area contributed by atoms with E-state index in [1.165, 1.54) is 17.1 Å². The van der Waals surface area contributed by atoms with Gasteiger partial charge in [0.15, 0.2) is 0 Å². The summed E-state index contributed by atoms with van der Waals surface area (Å²) in [6.45, 7) is 2.12. The summed E-state index contributed by atoms with van der Waals surface area (Å²) in [5, 5.41) is 7.25. The molecule has 3 rings (SSSR count). The summed E-state index contributed by atoms with van der Waals surface area (Å²) in [5.74, 6) is 0.0244. The molecule has 1 aliphatic rings. The highest BCUT2D eigenvalue weighted by atomic mass is 19.3. The lowest BCUT2D eigenvalue weighted by atomic mass is 9.88. The number of amides is 1. The number of halogens is 2. The van der Waals surface area contributed by atoms with Gasteiger partial charge in [0.2, 0.25) is 0 Å². The Hall–Kier alpha value is -2.25. The first-order chi connectivity index (χ1) is 10.4. The molecule has 0 aromatic carbocycles. The van der Waals surface area contributed by atoms with Crippen LogP contribution in [0.25, 0.3) is 0 Å². The summed E-state index contributed by atoms with van der Waals surface area (Å²) in [6.07, 6.45) is 4.80. The summed E-state index contributed by atoms with van der Waals surface area (Å²) in [5.41, 5.74) is 1.09. The van der Waals surface area contributed by atoms with Crippen molar-refractivity contribution in [3.05, 3.63) is 35.7 Å². The van der Waals surface area contributed by atoms with Crippen molar-refractivity contribution in [1.82, 2.24) is 24.6 Å². The minimum Gasteiger partial charge on any atom is -0.351 e. The first-order valence-corrected chi connectivity index (χ1v) is 7.00. The molecule has 0 saturated carbocycles. The predicted molar refractivity (Wildman–Crippen MR) is 74.6 cm³/mol. The highest BCUT2D eigenvalue weighted by molar-refractivity contribution is 5.95. The van der Waals surface area contributed by atoms with Crippen molar-refractivity contribution < 1.29 is 13.6 Å². The minimum atomic E-state index is -2.65. The second-order valence-electron chi connectivity index (χ2n) is 6.24. The molecule has 0 bridgehead atoms. The van der Waals surface area contributed by atoms with Gasteiger partial charge in [-0.1, -0.05) is 13.8 Å². The van der Waals surface area contributed by atoms with Crippen LogP contribution in [0.15, 0.2) is 18.6 Å². The predicted octanol–water partition coefficient (Wildman–Crippen LogP) is 1.84. The Morgan fingerprint density at radius 3 is 2.95 bits per heavy atom. The molecule has 0 unspecified atom stereocenters. The van der Waals surface area contributed by atoms with E-state index in [1.54, 1.807) is 6.20 Å². The van der Waals surface area contributed by atoms with E-state index >= 15 is 0 Å². The van der Waals surface area contributed by atoms with Crippen molar-refractivity contribution in [1.29, 1.82) is 0 Å². The smallest absolute Gasteiger partial charge is 0.319 e. The molecule has 0 fully saturated rings. The normalized spacial score (nSPS) is 17.2. The zero-order valence-electron chi connectivity index (χ0n) is 12.4. The SMILES string of the molecule is CC1(C)CNC(=O)c2cn(Cc3nccn3C(F)F)nc2C1. The van der Waals surface area contributed by atoms with Crippen LogP contribution in [0, 0.1) is 5.41 Å². The molecule has 118 valence electrons. The van der Waals surface area contributed by atoms with E-state index in [9.17, 15) is 13.6 Å². The number of fused-ring (bicyclic) bond motifs is 1. The van der Waals surface area contributed by atoms with Crippen molar-refractivity contribution in [3.8, 4) is 0 Å². The highest BCUT2D eigenvalue weighted by Gasteiger charge is 2.29. The van der Waals surface area contributed by atoms with E-state index in [4.69, 9.17) is 0 Å². The maximum atomic E-state index is 12.8. The lowest BCUT2D eigenvalue weighted by molar-refractivity contribution is 0.0665. The molecule has 0 saturated heterocycles. The van der Waals surface area contributed by atoms with Crippen LogP contribution >= 0.6 is 0 Å². The Bertz CT molecular complexity index is 704. The maximum Gasteiger partial charge on any atom is 0.319 e. The number of aromatic nitrogens is 4. The van der Waals surface area contributed by atoms with Crippen molar-refractivity contribution in [2.75, 3.05) is 6.54 Å². The molecule has 2 aromatic rings. The Morgan fingerprint density at radius 2 is 2.23 bits per heavy atom. The molecule has 1 N–H and O–H groups in total. The van der Waals surface area contributed by atoms with Crippen LogP contribution in [-0.2, 0) is 13.0 Å². The van der Waals surface area contributed by atoms with E-state index in [1.807, 2.05) is 13.8 Å². The third-order valence-electron chi connectivity index (χ3n) is 3.72. The number of carbonyl (C=O) groups excluding carboxylic acids is 1. The van der Waals surface area contributed by atoms with Gasteiger partial charge in [-0.15, -0.1) is 0 Å². The van der Waals surface area contributed by atoms with E-state index in [0.717, 1.165) is 4.57 Å². The fraction of sp³-hybridized carbons (Fsp3) is 0.500. The number of nitrogens with one attached hydrogen (secondary N) is 1. The van der Waals surface area contributed by atoms with Gasteiger partial charge >= 0.3 is 6.55 Å². The van der Waals surface area contributed by atoms with Crippen molar-refractivity contribution >= 4 is 5.91 Å². The standard InChI is InChI=1S/C14H17F2N5O/c1-14(2)5-10-9(12(22)18-8-14)6-20(19-10)7-11-17-3-4-21(11)13(15)16/h3-4,6,13H,5,7-8H2,1-2H3,(H,18,22). The number of alkyl halides is 2. The topological polar surface area (TPSA) is 64.7 Å². The Balaban J connectivity index is 1.90. The minimum absolute atomic E-state index is 0.0953. The largest absolute Gasteiger partial charge is 0.351 e. The highest BCUT2D eigenvalue weighted by Crippen LogP contribution is 2.25. The first kappa shape index (κ1) is 14.7. The van der Waals surface area contributed by atoms with Crippen LogP contribution in [0.2, 0.25) is 0 Å². The third kappa shape index (κ3) is 2.72. The van der Waals surface area contributed by atoms with Gasteiger partial charge in [-0.05, 0) is 11.8 Å². The lowest BCUT2D eigenvalue weighted by Crippen LogP contribution is -2.31. The third-order valence-corrected chi connectivity index (χ3v) is 3.72. The average molecular weight is 309 g/mol. The Labute approximate surface area is 126 Å². The van der Waals surface area contributed by atoms with Crippen LogP contribution < -0.4 is 5.32 Å². The molecule has 0 atom stereocenters. The molecule has 3 heterocycles. The number of carbonyl (C=O) groups is 1. The van der Waals surface area contributed by atoms with E-state index < -0.39 is 6.55 Å². The molecule has 1 amide bonds. The van der Waals surface area contributed by atoms with Gasteiger partial charge < -0.3 is 5.32 Å². The van der Waals surface area contributed by atoms with Crippen LogP contribution in [0.3, 0.4) is 0 Å². The molecule has 6 nitrogen and oxygen atoms in total. The fourth-order valence-corrected chi connectivity index (χ4v) is 2.58.